The highest BCUT2D eigenvalue weighted by Gasteiger charge is 2.09. The number of hydrogen-bond acceptors (Lipinski definition) is 3. The highest BCUT2D eigenvalue weighted by Crippen LogP contribution is 2.15. The largest absolute Gasteiger partial charge is 0.396 e. The predicted molar refractivity (Wildman–Crippen MR) is 78.4 cm³/mol. The van der Waals surface area contributed by atoms with E-state index in [2.05, 4.69) is 27.9 Å². The molecule has 0 saturated carbocycles. The van der Waals surface area contributed by atoms with E-state index < -0.39 is 0 Å². The molecule has 0 aliphatic carbocycles. The molecular weight excluding hydrogens is 254 g/mol. The fourth-order valence-electron chi connectivity index (χ4n) is 2.31. The molecule has 1 aromatic carbocycles. The molecule has 0 atom stereocenters. The van der Waals surface area contributed by atoms with Crippen molar-refractivity contribution in [1.29, 1.82) is 0 Å². The van der Waals surface area contributed by atoms with Crippen molar-refractivity contribution in [2.75, 3.05) is 13.2 Å². The van der Waals surface area contributed by atoms with Gasteiger partial charge in [-0.15, -0.1) is 0 Å². The quantitative estimate of drug-likeness (QED) is 0.804. The number of carbonyl (C=O) groups is 1. The Balaban J connectivity index is 1.97. The second-order valence-electron chi connectivity index (χ2n) is 4.69. The molecule has 0 unspecified atom stereocenters. The first-order valence-corrected chi connectivity index (χ1v) is 7.08. The maximum atomic E-state index is 11.5. The van der Waals surface area contributed by atoms with E-state index in [0.717, 1.165) is 23.4 Å². The van der Waals surface area contributed by atoms with E-state index in [9.17, 15) is 4.79 Å². The zero-order chi connectivity index (χ0) is 14.4. The zero-order valence-electron chi connectivity index (χ0n) is 11.8. The lowest BCUT2D eigenvalue weighted by molar-refractivity contribution is -0.121. The summed E-state index contributed by atoms with van der Waals surface area (Å²) in [6.45, 7) is 3.60. The van der Waals surface area contributed by atoms with Gasteiger partial charge in [0.2, 0.25) is 5.91 Å². The molecule has 0 bridgehead atoms. The van der Waals surface area contributed by atoms with Gasteiger partial charge < -0.3 is 15.0 Å². The number of aryl methyl sites for hydroxylation is 1. The maximum Gasteiger partial charge on any atom is 0.220 e. The molecule has 0 spiro atoms. The number of carbonyl (C=O) groups excluding carboxylic acids is 1. The smallest absolute Gasteiger partial charge is 0.220 e. The molecule has 0 aliphatic rings. The summed E-state index contributed by atoms with van der Waals surface area (Å²) < 4.78 is 2.18. The van der Waals surface area contributed by atoms with E-state index in [1.165, 1.54) is 0 Å². The summed E-state index contributed by atoms with van der Waals surface area (Å²) in [6, 6.07) is 8.06. The standard InChI is InChI=1S/C15H21N3O2/c1-2-18-13-7-4-3-6-12(13)17-14(18)9-10-16-15(20)8-5-11-19/h3-4,6-7,19H,2,5,8-11H2,1H3,(H,16,20). The van der Waals surface area contributed by atoms with Crippen LogP contribution in [0.15, 0.2) is 24.3 Å². The summed E-state index contributed by atoms with van der Waals surface area (Å²) in [7, 11) is 0. The predicted octanol–water partition coefficient (Wildman–Crippen LogP) is 1.49. The van der Waals surface area contributed by atoms with Gasteiger partial charge in [-0.2, -0.15) is 0 Å². The van der Waals surface area contributed by atoms with Gasteiger partial charge in [-0.1, -0.05) is 12.1 Å². The van der Waals surface area contributed by atoms with E-state index in [1.807, 2.05) is 18.2 Å². The fraction of sp³-hybridized carbons (Fsp3) is 0.467. The summed E-state index contributed by atoms with van der Waals surface area (Å²) in [5.41, 5.74) is 2.13. The lowest BCUT2D eigenvalue weighted by Gasteiger charge is -2.07. The second kappa shape index (κ2) is 7.05. The molecule has 108 valence electrons. The summed E-state index contributed by atoms with van der Waals surface area (Å²) >= 11 is 0. The van der Waals surface area contributed by atoms with Crippen LogP contribution in [0.5, 0.6) is 0 Å². The van der Waals surface area contributed by atoms with Gasteiger partial charge in [0.15, 0.2) is 0 Å². The molecule has 0 aliphatic heterocycles. The first-order valence-electron chi connectivity index (χ1n) is 7.08. The number of imidazole rings is 1. The molecule has 2 aromatic rings. The van der Waals surface area contributed by atoms with E-state index in [-0.39, 0.29) is 12.5 Å². The number of para-hydroxylation sites is 2. The Morgan fingerprint density at radius 2 is 2.20 bits per heavy atom. The molecule has 0 fully saturated rings. The van der Waals surface area contributed by atoms with Gasteiger partial charge in [-0.05, 0) is 25.5 Å². The molecule has 1 heterocycles. The van der Waals surface area contributed by atoms with Crippen LogP contribution < -0.4 is 5.32 Å². The van der Waals surface area contributed by atoms with Crippen LogP contribution in [0.3, 0.4) is 0 Å². The van der Waals surface area contributed by atoms with E-state index >= 15 is 0 Å². The van der Waals surface area contributed by atoms with Crippen LogP contribution in [-0.4, -0.2) is 33.7 Å². The van der Waals surface area contributed by atoms with Crippen molar-refractivity contribution in [3.63, 3.8) is 0 Å². The molecule has 20 heavy (non-hydrogen) atoms. The average Bonchev–Trinajstić information content (AvgIpc) is 2.82. The summed E-state index contributed by atoms with van der Waals surface area (Å²) in [5, 5.41) is 11.5. The summed E-state index contributed by atoms with van der Waals surface area (Å²) in [6.07, 6.45) is 1.60. The molecule has 1 amide bonds. The number of amides is 1. The number of fused-ring (bicyclic) bond motifs is 1. The zero-order valence-corrected chi connectivity index (χ0v) is 11.8. The molecule has 2 N–H and O–H groups in total. The van der Waals surface area contributed by atoms with Gasteiger partial charge in [0, 0.05) is 32.5 Å². The Morgan fingerprint density at radius 3 is 2.95 bits per heavy atom. The van der Waals surface area contributed by atoms with Crippen molar-refractivity contribution in [2.24, 2.45) is 0 Å². The van der Waals surface area contributed by atoms with Gasteiger partial charge in [0.05, 0.1) is 11.0 Å². The fourth-order valence-corrected chi connectivity index (χ4v) is 2.31. The van der Waals surface area contributed by atoms with Crippen LogP contribution >= 0.6 is 0 Å². The van der Waals surface area contributed by atoms with Crippen LogP contribution in [0.1, 0.15) is 25.6 Å². The van der Waals surface area contributed by atoms with Crippen molar-refractivity contribution in [1.82, 2.24) is 14.9 Å². The lowest BCUT2D eigenvalue weighted by atomic mass is 10.3. The van der Waals surface area contributed by atoms with Crippen molar-refractivity contribution in [3.05, 3.63) is 30.1 Å². The third-order valence-corrected chi connectivity index (χ3v) is 3.28. The first-order chi connectivity index (χ1) is 9.76. The molecule has 0 radical (unpaired) electrons. The number of aromatic nitrogens is 2. The lowest BCUT2D eigenvalue weighted by Crippen LogP contribution is -2.26. The second-order valence-corrected chi connectivity index (χ2v) is 4.69. The maximum absolute atomic E-state index is 11.5. The normalized spacial score (nSPS) is 10.9. The van der Waals surface area contributed by atoms with Gasteiger partial charge in [-0.25, -0.2) is 4.98 Å². The molecule has 5 nitrogen and oxygen atoms in total. The van der Waals surface area contributed by atoms with Gasteiger partial charge >= 0.3 is 0 Å². The van der Waals surface area contributed by atoms with Crippen LogP contribution in [0.4, 0.5) is 0 Å². The molecule has 1 aromatic heterocycles. The van der Waals surface area contributed by atoms with Crippen molar-refractivity contribution < 1.29 is 9.90 Å². The summed E-state index contributed by atoms with van der Waals surface area (Å²) in [5.74, 6) is 0.981. The molecule has 5 heteroatoms. The van der Waals surface area contributed by atoms with E-state index in [4.69, 9.17) is 5.11 Å². The minimum absolute atomic E-state index is 0.0155. The Morgan fingerprint density at radius 1 is 1.40 bits per heavy atom. The van der Waals surface area contributed by atoms with Gasteiger partial charge in [0.25, 0.3) is 0 Å². The number of rotatable bonds is 7. The van der Waals surface area contributed by atoms with Crippen molar-refractivity contribution in [3.8, 4) is 0 Å². The Bertz CT molecular complexity index is 578. The average molecular weight is 275 g/mol. The molecule has 2 rings (SSSR count). The number of aliphatic hydroxyl groups excluding tert-OH is 1. The van der Waals surface area contributed by atoms with Crippen molar-refractivity contribution >= 4 is 16.9 Å². The minimum Gasteiger partial charge on any atom is -0.396 e. The Labute approximate surface area is 118 Å². The number of nitrogens with zero attached hydrogens (tertiary/aromatic N) is 2. The SMILES string of the molecule is CCn1c(CCNC(=O)CCCO)nc2ccccc21. The van der Waals surface area contributed by atoms with Gasteiger partial charge in [-0.3, -0.25) is 4.79 Å². The third kappa shape index (κ3) is 3.36. The first kappa shape index (κ1) is 14.5. The van der Waals surface area contributed by atoms with Crippen LogP contribution in [0.2, 0.25) is 0 Å². The van der Waals surface area contributed by atoms with Crippen LogP contribution in [-0.2, 0) is 17.8 Å². The number of nitrogens with one attached hydrogen (secondary N) is 1. The van der Waals surface area contributed by atoms with Crippen LogP contribution in [0.25, 0.3) is 11.0 Å². The third-order valence-electron chi connectivity index (χ3n) is 3.28. The van der Waals surface area contributed by atoms with Crippen molar-refractivity contribution in [2.45, 2.75) is 32.7 Å². The summed E-state index contributed by atoms with van der Waals surface area (Å²) in [4.78, 5) is 16.1. The topological polar surface area (TPSA) is 67.2 Å². The van der Waals surface area contributed by atoms with Crippen LogP contribution in [0, 0.1) is 0 Å². The van der Waals surface area contributed by atoms with E-state index in [0.29, 0.717) is 25.8 Å². The minimum atomic E-state index is -0.0155. The number of aliphatic hydroxyl groups is 1. The van der Waals surface area contributed by atoms with E-state index in [1.54, 1.807) is 0 Å². The highest BCUT2D eigenvalue weighted by molar-refractivity contribution is 5.76. The van der Waals surface area contributed by atoms with Gasteiger partial charge in [0.1, 0.15) is 5.82 Å². The monoisotopic (exact) mass is 275 g/mol. The number of hydrogen-bond donors (Lipinski definition) is 2. The molecule has 0 saturated heterocycles. The number of benzene rings is 1. The Kier molecular flexibility index (Phi) is 5.12. The molecular formula is C15H21N3O2. The Hall–Kier alpha value is -1.88. The highest BCUT2D eigenvalue weighted by atomic mass is 16.3.